The average molecular weight is 403 g/mol. The van der Waals surface area contributed by atoms with Gasteiger partial charge in [0.2, 0.25) is 5.95 Å². The lowest BCUT2D eigenvalue weighted by molar-refractivity contribution is 0.515. The van der Waals surface area contributed by atoms with Gasteiger partial charge in [-0.25, -0.2) is 4.98 Å². The highest BCUT2D eigenvalue weighted by molar-refractivity contribution is 5.98. The molecule has 0 fully saturated rings. The first-order valence-electron chi connectivity index (χ1n) is 10.3. The topological polar surface area (TPSA) is 91.4 Å². The summed E-state index contributed by atoms with van der Waals surface area (Å²) in [6, 6.07) is 6.29. The summed E-state index contributed by atoms with van der Waals surface area (Å²) in [5, 5.41) is 11.6. The fourth-order valence-electron chi connectivity index (χ4n) is 4.40. The van der Waals surface area contributed by atoms with E-state index in [0.717, 1.165) is 44.5 Å². The zero-order valence-electron chi connectivity index (χ0n) is 17.9. The van der Waals surface area contributed by atoms with E-state index in [1.807, 2.05) is 19.3 Å². The standard InChI is InChI=1S/C23H26N6O/c1-12(2)19-20(26-22-27-23(4,5)11-29(22)21(19)30)17-9-24-18-7-6-14(8-15(17)18)16-10-25-28-13(16)3/h6-10,12,24H,11H2,1-5H3,(H,25,28)(H,26,27). The van der Waals surface area contributed by atoms with Crippen LogP contribution in [-0.2, 0) is 6.54 Å². The number of aryl methyl sites for hydroxylation is 1. The molecule has 4 aromatic rings. The Hall–Kier alpha value is -3.35. The molecule has 154 valence electrons. The van der Waals surface area contributed by atoms with Gasteiger partial charge in [-0.3, -0.25) is 14.5 Å². The zero-order chi connectivity index (χ0) is 21.2. The Bertz CT molecular complexity index is 1340. The summed E-state index contributed by atoms with van der Waals surface area (Å²) in [6.45, 7) is 10.9. The van der Waals surface area contributed by atoms with Gasteiger partial charge in [-0.05, 0) is 44.4 Å². The molecular formula is C23H26N6O. The van der Waals surface area contributed by atoms with E-state index >= 15 is 0 Å². The van der Waals surface area contributed by atoms with Crippen LogP contribution in [0, 0.1) is 6.92 Å². The van der Waals surface area contributed by atoms with Crippen molar-refractivity contribution in [3.8, 4) is 22.4 Å². The number of aromatic amines is 2. The molecule has 5 rings (SSSR count). The number of benzene rings is 1. The third-order valence-electron chi connectivity index (χ3n) is 5.86. The fraction of sp³-hybridized carbons (Fsp3) is 0.348. The highest BCUT2D eigenvalue weighted by Gasteiger charge is 2.32. The third kappa shape index (κ3) is 2.76. The van der Waals surface area contributed by atoms with Crippen LogP contribution in [0.5, 0.6) is 0 Å². The van der Waals surface area contributed by atoms with E-state index < -0.39 is 0 Å². The minimum absolute atomic E-state index is 0.0410. The Morgan fingerprint density at radius 3 is 2.70 bits per heavy atom. The van der Waals surface area contributed by atoms with Gasteiger partial charge in [0, 0.05) is 39.5 Å². The van der Waals surface area contributed by atoms with Gasteiger partial charge in [0.1, 0.15) is 0 Å². The Morgan fingerprint density at radius 1 is 1.20 bits per heavy atom. The SMILES string of the molecule is Cc1[nH]ncc1-c1ccc2[nH]cc(-c3nc4n(c(=O)c3C(C)C)CC(C)(C)N4)c2c1. The molecule has 7 nitrogen and oxygen atoms in total. The molecule has 0 atom stereocenters. The first-order valence-corrected chi connectivity index (χ1v) is 10.3. The lowest BCUT2D eigenvalue weighted by atomic mass is 9.96. The van der Waals surface area contributed by atoms with Crippen LogP contribution >= 0.6 is 0 Å². The van der Waals surface area contributed by atoms with Crippen molar-refractivity contribution in [3.05, 3.63) is 52.2 Å². The van der Waals surface area contributed by atoms with E-state index in [-0.39, 0.29) is 17.0 Å². The fourth-order valence-corrected chi connectivity index (χ4v) is 4.40. The summed E-state index contributed by atoms with van der Waals surface area (Å²) in [5.41, 5.74) is 6.48. The maximum absolute atomic E-state index is 13.4. The maximum Gasteiger partial charge on any atom is 0.259 e. The molecule has 1 aliphatic rings. The molecule has 0 amide bonds. The summed E-state index contributed by atoms with van der Waals surface area (Å²) >= 11 is 0. The van der Waals surface area contributed by atoms with Crippen LogP contribution in [0.4, 0.5) is 5.95 Å². The van der Waals surface area contributed by atoms with E-state index in [1.54, 1.807) is 4.57 Å². The van der Waals surface area contributed by atoms with Gasteiger partial charge in [-0.15, -0.1) is 0 Å². The molecule has 3 N–H and O–H groups in total. The third-order valence-corrected chi connectivity index (χ3v) is 5.86. The monoisotopic (exact) mass is 402 g/mol. The predicted molar refractivity (Wildman–Crippen MR) is 120 cm³/mol. The highest BCUT2D eigenvalue weighted by Crippen LogP contribution is 2.36. The van der Waals surface area contributed by atoms with Gasteiger partial charge in [0.15, 0.2) is 0 Å². The van der Waals surface area contributed by atoms with Crippen molar-refractivity contribution < 1.29 is 0 Å². The van der Waals surface area contributed by atoms with Gasteiger partial charge in [0.25, 0.3) is 5.56 Å². The van der Waals surface area contributed by atoms with Crippen molar-refractivity contribution in [2.45, 2.75) is 52.6 Å². The summed E-state index contributed by atoms with van der Waals surface area (Å²) in [7, 11) is 0. The summed E-state index contributed by atoms with van der Waals surface area (Å²) < 4.78 is 1.77. The second kappa shape index (κ2) is 6.32. The van der Waals surface area contributed by atoms with Crippen LogP contribution < -0.4 is 10.9 Å². The van der Waals surface area contributed by atoms with E-state index in [0.29, 0.717) is 12.5 Å². The van der Waals surface area contributed by atoms with Gasteiger partial charge in [0.05, 0.1) is 24.0 Å². The van der Waals surface area contributed by atoms with Crippen molar-refractivity contribution in [1.82, 2.24) is 24.7 Å². The Kier molecular flexibility index (Phi) is 3.93. The van der Waals surface area contributed by atoms with Crippen molar-refractivity contribution in [2.75, 3.05) is 5.32 Å². The average Bonchev–Trinajstić information content (AvgIpc) is 3.36. The molecule has 0 aliphatic carbocycles. The molecule has 4 heterocycles. The molecular weight excluding hydrogens is 376 g/mol. The smallest absolute Gasteiger partial charge is 0.259 e. The maximum atomic E-state index is 13.4. The van der Waals surface area contributed by atoms with Crippen LogP contribution in [0.25, 0.3) is 33.3 Å². The van der Waals surface area contributed by atoms with E-state index in [9.17, 15) is 4.79 Å². The first kappa shape index (κ1) is 18.7. The number of hydrogen-bond donors (Lipinski definition) is 3. The molecule has 1 aromatic carbocycles. The van der Waals surface area contributed by atoms with Crippen LogP contribution in [0.1, 0.15) is 44.9 Å². The molecule has 0 unspecified atom stereocenters. The molecule has 0 bridgehead atoms. The molecule has 0 saturated carbocycles. The largest absolute Gasteiger partial charge is 0.360 e. The number of aromatic nitrogens is 5. The lowest BCUT2D eigenvalue weighted by Crippen LogP contribution is -2.30. The van der Waals surface area contributed by atoms with E-state index in [2.05, 4.69) is 66.4 Å². The van der Waals surface area contributed by atoms with Crippen LogP contribution in [0.2, 0.25) is 0 Å². The number of anilines is 1. The van der Waals surface area contributed by atoms with Crippen molar-refractivity contribution >= 4 is 16.9 Å². The molecule has 30 heavy (non-hydrogen) atoms. The predicted octanol–water partition coefficient (Wildman–Crippen LogP) is 4.42. The molecule has 0 spiro atoms. The second-order valence-corrected chi connectivity index (χ2v) is 9.12. The summed E-state index contributed by atoms with van der Waals surface area (Å²) in [4.78, 5) is 21.7. The Morgan fingerprint density at radius 2 is 2.00 bits per heavy atom. The minimum Gasteiger partial charge on any atom is -0.360 e. The Labute approximate surface area is 174 Å². The van der Waals surface area contributed by atoms with Gasteiger partial charge >= 0.3 is 0 Å². The number of nitrogens with one attached hydrogen (secondary N) is 3. The van der Waals surface area contributed by atoms with Crippen molar-refractivity contribution in [1.29, 1.82) is 0 Å². The summed E-state index contributed by atoms with van der Waals surface area (Å²) in [6.07, 6.45) is 3.80. The van der Waals surface area contributed by atoms with E-state index in [4.69, 9.17) is 4.98 Å². The molecule has 1 aliphatic heterocycles. The van der Waals surface area contributed by atoms with Crippen LogP contribution in [0.3, 0.4) is 0 Å². The zero-order valence-corrected chi connectivity index (χ0v) is 17.9. The number of fused-ring (bicyclic) bond motifs is 2. The van der Waals surface area contributed by atoms with Crippen LogP contribution in [0.15, 0.2) is 35.4 Å². The van der Waals surface area contributed by atoms with Gasteiger partial charge in [-0.2, -0.15) is 5.10 Å². The minimum atomic E-state index is -0.196. The number of rotatable bonds is 3. The van der Waals surface area contributed by atoms with E-state index in [1.165, 1.54) is 0 Å². The molecule has 3 aromatic heterocycles. The van der Waals surface area contributed by atoms with Crippen molar-refractivity contribution in [2.24, 2.45) is 0 Å². The summed E-state index contributed by atoms with van der Waals surface area (Å²) in [5.74, 6) is 0.700. The first-order chi connectivity index (χ1) is 14.2. The van der Waals surface area contributed by atoms with Crippen molar-refractivity contribution in [3.63, 3.8) is 0 Å². The lowest BCUT2D eigenvalue weighted by Gasteiger charge is -2.15. The van der Waals surface area contributed by atoms with Gasteiger partial charge in [-0.1, -0.05) is 19.9 Å². The second-order valence-electron chi connectivity index (χ2n) is 9.12. The van der Waals surface area contributed by atoms with Gasteiger partial charge < -0.3 is 10.3 Å². The quantitative estimate of drug-likeness (QED) is 0.473. The molecule has 7 heteroatoms. The normalized spacial score (nSPS) is 15.0. The Balaban J connectivity index is 1.76. The van der Waals surface area contributed by atoms with Crippen LogP contribution in [-0.4, -0.2) is 30.3 Å². The highest BCUT2D eigenvalue weighted by atomic mass is 16.1. The number of hydrogen-bond acceptors (Lipinski definition) is 4. The molecule has 0 saturated heterocycles. The molecule has 0 radical (unpaired) electrons. The number of H-pyrrole nitrogens is 2. The number of nitrogens with zero attached hydrogens (tertiary/aromatic N) is 3.